The first-order valence-corrected chi connectivity index (χ1v) is 14.5. The predicted octanol–water partition coefficient (Wildman–Crippen LogP) is 5.18. The summed E-state index contributed by atoms with van der Waals surface area (Å²) in [5, 5.41) is 32.9. The first kappa shape index (κ1) is 48.3. The van der Waals surface area contributed by atoms with Gasteiger partial charge in [-0.3, -0.25) is 19.5 Å². The normalized spacial score (nSPS) is 19.0. The van der Waals surface area contributed by atoms with E-state index in [4.69, 9.17) is 39.6 Å². The molecule has 2 aromatic heterocycles. The topological polar surface area (TPSA) is 186 Å². The Morgan fingerprint density at radius 3 is 1.51 bits per heavy atom. The molecule has 0 amide bonds. The molecule has 0 aromatic carbocycles. The van der Waals surface area contributed by atoms with E-state index in [0.717, 1.165) is 25.0 Å². The van der Waals surface area contributed by atoms with Gasteiger partial charge in [-0.2, -0.15) is 57.8 Å². The molecule has 2 aromatic rings. The van der Waals surface area contributed by atoms with E-state index in [1.165, 1.54) is 31.5 Å². The maximum atomic E-state index is 10.6. The smallest absolute Gasteiger partial charge is 0.475 e. The van der Waals surface area contributed by atoms with Gasteiger partial charge in [-0.25, -0.2) is 19.2 Å². The van der Waals surface area contributed by atoms with Crippen molar-refractivity contribution in [3.05, 3.63) is 48.5 Å². The molecule has 2 fully saturated rings. The Labute approximate surface area is 291 Å². The second-order valence-electron chi connectivity index (χ2n) is 11.1. The molecule has 302 valence electrons. The van der Waals surface area contributed by atoms with E-state index in [1.807, 2.05) is 24.7 Å². The Balaban J connectivity index is 0.000000791. The van der Waals surface area contributed by atoms with Crippen molar-refractivity contribution in [1.82, 2.24) is 24.6 Å². The van der Waals surface area contributed by atoms with Crippen LogP contribution in [0.3, 0.4) is 0 Å². The van der Waals surface area contributed by atoms with Crippen molar-refractivity contribution >= 4 is 23.9 Å². The molecule has 4 rings (SSSR count). The number of carboxylic acid groups (broad SMARTS) is 4. The Morgan fingerprint density at radius 2 is 1.17 bits per heavy atom. The number of alkyl halides is 12. The highest BCUT2D eigenvalue weighted by Crippen LogP contribution is 2.38. The van der Waals surface area contributed by atoms with E-state index in [-0.39, 0.29) is 0 Å². The minimum absolute atomic E-state index is 0.599. The number of pyridine rings is 1. The number of nitrogens with zero attached hydrogens (tertiary/aromatic N) is 5. The molecule has 0 unspecified atom stereocenters. The monoisotopic (exact) mass is 795 g/mol. The van der Waals surface area contributed by atoms with Crippen molar-refractivity contribution < 1.29 is 92.3 Å². The van der Waals surface area contributed by atoms with Crippen molar-refractivity contribution in [2.75, 3.05) is 13.1 Å². The van der Waals surface area contributed by atoms with E-state index in [9.17, 15) is 52.7 Å². The summed E-state index contributed by atoms with van der Waals surface area (Å²) in [6.07, 6.45) is -9.98. The summed E-state index contributed by atoms with van der Waals surface area (Å²) in [6.45, 7) is 9.18. The van der Waals surface area contributed by atoms with E-state index in [1.54, 1.807) is 0 Å². The van der Waals surface area contributed by atoms with Crippen LogP contribution in [-0.4, -0.2) is 125 Å². The first-order chi connectivity index (χ1) is 24.0. The average Bonchev–Trinajstić information content (AvgIpc) is 3.64. The molecule has 0 aliphatic carbocycles. The van der Waals surface area contributed by atoms with Crippen LogP contribution in [0.15, 0.2) is 43.0 Å². The lowest BCUT2D eigenvalue weighted by Gasteiger charge is -2.40. The van der Waals surface area contributed by atoms with Gasteiger partial charge in [0.1, 0.15) is 0 Å². The van der Waals surface area contributed by atoms with Gasteiger partial charge >= 0.3 is 48.6 Å². The number of carbonyl (C=O) groups is 4. The molecule has 25 heteroatoms. The number of carboxylic acids is 4. The fourth-order valence-corrected chi connectivity index (χ4v) is 4.95. The number of aliphatic carboxylic acids is 4. The Bertz CT molecular complexity index is 1320. The molecule has 4 N–H and O–H groups in total. The van der Waals surface area contributed by atoms with Crippen molar-refractivity contribution in [3.63, 3.8) is 0 Å². The summed E-state index contributed by atoms with van der Waals surface area (Å²) in [5.41, 5.74) is 1.38. The van der Waals surface area contributed by atoms with Crippen molar-refractivity contribution in [1.29, 1.82) is 0 Å². The number of likely N-dealkylation sites (tertiary alicyclic amines) is 2. The highest BCUT2D eigenvalue weighted by molar-refractivity contribution is 5.74. The van der Waals surface area contributed by atoms with Gasteiger partial charge in [0.25, 0.3) is 0 Å². The SMILES string of the molecule is CC(C)N1[C@H](Cn2cccn2)C[C@@H]2CN(Cc3ccncc3)CC[C@@H]21.O=C(O)C(F)(F)F.O=C(O)C(F)(F)F.O=C(O)C(F)(F)F.O=C(O)C(F)(F)F. The van der Waals surface area contributed by atoms with E-state index in [2.05, 4.69) is 56.7 Å². The molecular formula is C28H33F12N5O8. The summed E-state index contributed by atoms with van der Waals surface area (Å²) in [5.74, 6) is -10.3. The first-order valence-electron chi connectivity index (χ1n) is 14.5. The molecule has 2 aliphatic heterocycles. The molecule has 0 saturated carbocycles. The molecule has 0 bridgehead atoms. The van der Waals surface area contributed by atoms with Gasteiger partial charge in [-0.1, -0.05) is 0 Å². The highest BCUT2D eigenvalue weighted by Gasteiger charge is 2.45. The molecule has 13 nitrogen and oxygen atoms in total. The third-order valence-electron chi connectivity index (χ3n) is 6.84. The lowest BCUT2D eigenvalue weighted by molar-refractivity contribution is -0.193. The molecule has 53 heavy (non-hydrogen) atoms. The van der Waals surface area contributed by atoms with E-state index >= 15 is 0 Å². The van der Waals surface area contributed by atoms with Crippen molar-refractivity contribution in [2.24, 2.45) is 5.92 Å². The molecule has 3 atom stereocenters. The zero-order valence-electron chi connectivity index (χ0n) is 27.3. The van der Waals surface area contributed by atoms with Crippen LogP contribution in [-0.2, 0) is 32.3 Å². The van der Waals surface area contributed by atoms with Gasteiger partial charge < -0.3 is 20.4 Å². The Kier molecular flexibility index (Phi) is 18.7. The fraction of sp³-hybridized carbons (Fsp3) is 0.571. The van der Waals surface area contributed by atoms with Crippen LogP contribution in [0.5, 0.6) is 0 Å². The van der Waals surface area contributed by atoms with Crippen LogP contribution in [0.25, 0.3) is 0 Å². The molecular weight excluding hydrogens is 762 g/mol. The van der Waals surface area contributed by atoms with Crippen LogP contribution < -0.4 is 0 Å². The van der Waals surface area contributed by atoms with Crippen molar-refractivity contribution in [2.45, 2.75) is 82.6 Å². The summed E-state index contributed by atoms with van der Waals surface area (Å²) >= 11 is 0. The van der Waals surface area contributed by atoms with Gasteiger partial charge in [0.15, 0.2) is 0 Å². The van der Waals surface area contributed by atoms with Gasteiger partial charge in [-0.15, -0.1) is 0 Å². The third-order valence-corrected chi connectivity index (χ3v) is 6.84. The fourth-order valence-electron chi connectivity index (χ4n) is 4.95. The minimum atomic E-state index is -5.08. The maximum absolute atomic E-state index is 10.6. The largest absolute Gasteiger partial charge is 0.490 e. The van der Waals surface area contributed by atoms with Crippen molar-refractivity contribution in [3.8, 4) is 0 Å². The van der Waals surface area contributed by atoms with Gasteiger partial charge in [0.2, 0.25) is 0 Å². The molecule has 0 radical (unpaired) electrons. The zero-order valence-corrected chi connectivity index (χ0v) is 27.3. The molecule has 2 aliphatic rings. The second-order valence-corrected chi connectivity index (χ2v) is 11.1. The molecule has 2 saturated heterocycles. The van der Waals surface area contributed by atoms with E-state index < -0.39 is 48.6 Å². The lowest BCUT2D eigenvalue weighted by atomic mass is 9.91. The van der Waals surface area contributed by atoms with Crippen LogP contribution in [0, 0.1) is 5.92 Å². The third kappa shape index (κ3) is 19.1. The number of piperidine rings is 1. The number of hydrogen-bond donors (Lipinski definition) is 4. The number of hydrogen-bond acceptors (Lipinski definition) is 8. The van der Waals surface area contributed by atoms with Crippen LogP contribution in [0.2, 0.25) is 0 Å². The number of rotatable bonds is 5. The Morgan fingerprint density at radius 1 is 0.755 bits per heavy atom. The average molecular weight is 796 g/mol. The Hall–Kier alpha value is -4.68. The standard InChI is InChI=1S/C20H29N5.4C2HF3O2/c1-16(2)25-19(15-24-10-3-7-22-24)12-18-14-23(11-6-20(18)25)13-17-4-8-21-9-5-17;4*3-2(4,5)1(6)7/h3-5,7-10,16,18-20H,6,11-15H2,1-2H3;4*(H,6,7)/t18-,19+,20+;;;;/m1..../s1. The summed E-state index contributed by atoms with van der Waals surface area (Å²) < 4.78 is 129. The van der Waals surface area contributed by atoms with Crippen LogP contribution in [0.1, 0.15) is 32.3 Å². The van der Waals surface area contributed by atoms with Crippen LogP contribution >= 0.6 is 0 Å². The lowest BCUT2D eigenvalue weighted by Crippen LogP contribution is -2.49. The quantitative estimate of drug-likeness (QED) is 0.291. The second kappa shape index (κ2) is 20.5. The van der Waals surface area contributed by atoms with Gasteiger partial charge in [0, 0.05) is 56.0 Å². The summed E-state index contributed by atoms with van der Waals surface area (Å²) in [7, 11) is 0. The van der Waals surface area contributed by atoms with Crippen LogP contribution in [0.4, 0.5) is 52.7 Å². The zero-order chi connectivity index (χ0) is 41.5. The number of fused-ring (bicyclic) bond motifs is 1. The summed E-state index contributed by atoms with van der Waals surface area (Å²) in [4.78, 5) is 45.1. The number of aromatic nitrogens is 3. The minimum Gasteiger partial charge on any atom is -0.475 e. The molecule has 4 heterocycles. The maximum Gasteiger partial charge on any atom is 0.490 e. The van der Waals surface area contributed by atoms with Gasteiger partial charge in [-0.05, 0) is 62.9 Å². The molecule has 0 spiro atoms. The summed E-state index contributed by atoms with van der Waals surface area (Å²) in [6, 6.07) is 8.24. The predicted molar refractivity (Wildman–Crippen MR) is 154 cm³/mol. The van der Waals surface area contributed by atoms with Gasteiger partial charge in [0.05, 0.1) is 6.54 Å². The number of halogens is 12. The highest BCUT2D eigenvalue weighted by atomic mass is 19.4. The van der Waals surface area contributed by atoms with E-state index in [0.29, 0.717) is 12.1 Å².